The van der Waals surface area contributed by atoms with Gasteiger partial charge in [0, 0.05) is 12.1 Å². The van der Waals surface area contributed by atoms with Gasteiger partial charge in [-0.1, -0.05) is 0 Å². The number of nitrogens with one attached hydrogen (secondary N) is 1. The summed E-state index contributed by atoms with van der Waals surface area (Å²) < 4.78 is 1.30. The SMILES string of the molecule is CC(O)C(C)(C)NCc1cc(Br)c(O)c(Br)c1. The van der Waals surface area contributed by atoms with Crippen LogP contribution in [0.5, 0.6) is 5.75 Å². The van der Waals surface area contributed by atoms with E-state index < -0.39 is 6.10 Å². The molecule has 0 heterocycles. The standard InChI is InChI=1S/C12H17Br2NO2/c1-7(16)12(2,3)15-6-8-4-9(13)11(17)10(14)5-8/h4-5,7,15-17H,6H2,1-3H3. The van der Waals surface area contributed by atoms with Crippen molar-refractivity contribution in [1.29, 1.82) is 0 Å². The second kappa shape index (κ2) is 5.69. The van der Waals surface area contributed by atoms with Crippen molar-refractivity contribution in [2.45, 2.75) is 39.0 Å². The Kier molecular flexibility index (Phi) is 5.01. The normalized spacial score (nSPS) is 13.8. The van der Waals surface area contributed by atoms with E-state index in [0.29, 0.717) is 15.5 Å². The van der Waals surface area contributed by atoms with Crippen LogP contribution in [0, 0.1) is 0 Å². The second-order valence-electron chi connectivity index (χ2n) is 4.66. The first-order valence-electron chi connectivity index (χ1n) is 5.34. The monoisotopic (exact) mass is 365 g/mol. The fourth-order valence-corrected chi connectivity index (χ4v) is 2.48. The first-order valence-corrected chi connectivity index (χ1v) is 6.92. The molecule has 1 aromatic rings. The molecule has 1 aromatic carbocycles. The van der Waals surface area contributed by atoms with E-state index in [-0.39, 0.29) is 11.3 Å². The highest BCUT2D eigenvalue weighted by atomic mass is 79.9. The molecule has 0 bridgehead atoms. The molecule has 0 fully saturated rings. The van der Waals surface area contributed by atoms with Crippen molar-refractivity contribution >= 4 is 31.9 Å². The molecule has 17 heavy (non-hydrogen) atoms. The number of aromatic hydroxyl groups is 1. The second-order valence-corrected chi connectivity index (χ2v) is 6.37. The van der Waals surface area contributed by atoms with Gasteiger partial charge < -0.3 is 15.5 Å². The number of halogens is 2. The molecule has 3 nitrogen and oxygen atoms in total. The lowest BCUT2D eigenvalue weighted by Gasteiger charge is -2.29. The zero-order valence-corrected chi connectivity index (χ0v) is 13.3. The molecule has 0 amide bonds. The van der Waals surface area contributed by atoms with Crippen LogP contribution in [0.25, 0.3) is 0 Å². The third-order valence-corrected chi connectivity index (χ3v) is 4.08. The van der Waals surface area contributed by atoms with E-state index in [1.165, 1.54) is 0 Å². The molecule has 0 aromatic heterocycles. The maximum Gasteiger partial charge on any atom is 0.143 e. The molecule has 0 aliphatic carbocycles. The van der Waals surface area contributed by atoms with E-state index >= 15 is 0 Å². The fraction of sp³-hybridized carbons (Fsp3) is 0.500. The van der Waals surface area contributed by atoms with E-state index in [2.05, 4.69) is 37.2 Å². The first-order chi connectivity index (χ1) is 7.74. The van der Waals surface area contributed by atoms with Gasteiger partial charge in [-0.15, -0.1) is 0 Å². The van der Waals surface area contributed by atoms with Gasteiger partial charge in [-0.3, -0.25) is 0 Å². The van der Waals surface area contributed by atoms with E-state index in [1.807, 2.05) is 26.0 Å². The van der Waals surface area contributed by atoms with Crippen LogP contribution >= 0.6 is 31.9 Å². The van der Waals surface area contributed by atoms with Crippen LogP contribution in [-0.2, 0) is 6.54 Å². The van der Waals surface area contributed by atoms with Gasteiger partial charge in [0.2, 0.25) is 0 Å². The molecule has 1 atom stereocenters. The van der Waals surface area contributed by atoms with Gasteiger partial charge in [0.15, 0.2) is 0 Å². The zero-order chi connectivity index (χ0) is 13.2. The average molecular weight is 367 g/mol. The lowest BCUT2D eigenvalue weighted by Crippen LogP contribution is -2.47. The van der Waals surface area contributed by atoms with Gasteiger partial charge in [0.1, 0.15) is 5.75 Å². The van der Waals surface area contributed by atoms with E-state index in [1.54, 1.807) is 6.92 Å². The predicted octanol–water partition coefficient (Wildman–Crippen LogP) is 3.17. The van der Waals surface area contributed by atoms with E-state index in [0.717, 1.165) is 5.56 Å². The molecule has 0 spiro atoms. The number of aliphatic hydroxyl groups is 1. The van der Waals surface area contributed by atoms with Crippen molar-refractivity contribution < 1.29 is 10.2 Å². The summed E-state index contributed by atoms with van der Waals surface area (Å²) in [5, 5.41) is 22.5. The van der Waals surface area contributed by atoms with Crippen LogP contribution in [0.3, 0.4) is 0 Å². The number of phenolic OH excluding ortho intramolecular Hbond substituents is 1. The maximum absolute atomic E-state index is 9.59. The minimum Gasteiger partial charge on any atom is -0.506 e. The molecule has 0 aliphatic rings. The van der Waals surface area contributed by atoms with Crippen LogP contribution in [0.1, 0.15) is 26.3 Å². The summed E-state index contributed by atoms with van der Waals surface area (Å²) in [7, 11) is 0. The smallest absolute Gasteiger partial charge is 0.143 e. The quantitative estimate of drug-likeness (QED) is 0.767. The molecule has 0 aliphatic heterocycles. The van der Waals surface area contributed by atoms with Crippen LogP contribution in [0.2, 0.25) is 0 Å². The number of aliphatic hydroxyl groups excluding tert-OH is 1. The molecule has 0 saturated carbocycles. The van der Waals surface area contributed by atoms with Crippen molar-refractivity contribution in [1.82, 2.24) is 5.32 Å². The Hall–Kier alpha value is -0.100. The van der Waals surface area contributed by atoms with Crippen molar-refractivity contribution in [2.24, 2.45) is 0 Å². The Morgan fingerprint density at radius 2 is 1.76 bits per heavy atom. The molecular formula is C12H17Br2NO2. The van der Waals surface area contributed by atoms with Crippen molar-refractivity contribution in [3.8, 4) is 5.75 Å². The summed E-state index contributed by atoms with van der Waals surface area (Å²) in [4.78, 5) is 0. The third-order valence-electron chi connectivity index (χ3n) is 2.87. The molecule has 1 rings (SSSR count). The Morgan fingerprint density at radius 1 is 1.29 bits per heavy atom. The van der Waals surface area contributed by atoms with E-state index in [4.69, 9.17) is 0 Å². The predicted molar refractivity (Wildman–Crippen MR) is 76.1 cm³/mol. The zero-order valence-electron chi connectivity index (χ0n) is 10.1. The van der Waals surface area contributed by atoms with Gasteiger partial charge >= 0.3 is 0 Å². The Morgan fingerprint density at radius 3 is 2.18 bits per heavy atom. The topological polar surface area (TPSA) is 52.5 Å². The summed E-state index contributed by atoms with van der Waals surface area (Å²) in [6, 6.07) is 3.70. The fourth-order valence-electron chi connectivity index (χ4n) is 1.20. The van der Waals surface area contributed by atoms with E-state index in [9.17, 15) is 10.2 Å². The molecule has 96 valence electrons. The number of benzene rings is 1. The summed E-state index contributed by atoms with van der Waals surface area (Å²) in [6.07, 6.45) is -0.438. The van der Waals surface area contributed by atoms with Gasteiger partial charge in [0.05, 0.1) is 15.0 Å². The first kappa shape index (κ1) is 15.0. The van der Waals surface area contributed by atoms with Crippen molar-refractivity contribution in [3.05, 3.63) is 26.6 Å². The minimum absolute atomic E-state index is 0.198. The number of hydrogen-bond acceptors (Lipinski definition) is 3. The lowest BCUT2D eigenvalue weighted by atomic mass is 9.98. The highest BCUT2D eigenvalue weighted by Gasteiger charge is 2.23. The summed E-state index contributed by atoms with van der Waals surface area (Å²) in [6.45, 7) is 6.27. The number of phenols is 1. The largest absolute Gasteiger partial charge is 0.506 e. The van der Waals surface area contributed by atoms with Gasteiger partial charge in [0.25, 0.3) is 0 Å². The summed E-state index contributed by atoms with van der Waals surface area (Å²) in [5.41, 5.74) is 0.673. The maximum atomic E-state index is 9.59. The van der Waals surface area contributed by atoms with Gasteiger partial charge in [-0.25, -0.2) is 0 Å². The Labute approximate surface area is 118 Å². The van der Waals surface area contributed by atoms with Crippen molar-refractivity contribution in [3.63, 3.8) is 0 Å². The lowest BCUT2D eigenvalue weighted by molar-refractivity contribution is 0.0956. The molecule has 0 saturated heterocycles. The average Bonchev–Trinajstić information content (AvgIpc) is 2.22. The third kappa shape index (κ3) is 3.95. The summed E-state index contributed by atoms with van der Waals surface area (Å²) >= 11 is 6.58. The highest BCUT2D eigenvalue weighted by Crippen LogP contribution is 2.33. The molecule has 1 unspecified atom stereocenters. The molecule has 0 radical (unpaired) electrons. The van der Waals surface area contributed by atoms with Crippen molar-refractivity contribution in [2.75, 3.05) is 0 Å². The van der Waals surface area contributed by atoms with Crippen LogP contribution in [-0.4, -0.2) is 21.9 Å². The van der Waals surface area contributed by atoms with Gasteiger partial charge in [-0.2, -0.15) is 0 Å². The van der Waals surface area contributed by atoms with Gasteiger partial charge in [-0.05, 0) is 70.3 Å². The van der Waals surface area contributed by atoms with Crippen LogP contribution in [0.4, 0.5) is 0 Å². The molecular weight excluding hydrogens is 350 g/mol. The highest BCUT2D eigenvalue weighted by molar-refractivity contribution is 9.11. The Balaban J connectivity index is 2.77. The summed E-state index contributed by atoms with van der Waals surface area (Å²) in [5.74, 6) is 0.198. The Bertz CT molecular complexity index is 382. The van der Waals surface area contributed by atoms with Crippen LogP contribution < -0.4 is 5.32 Å². The number of rotatable bonds is 4. The van der Waals surface area contributed by atoms with Crippen LogP contribution in [0.15, 0.2) is 21.1 Å². The molecule has 3 N–H and O–H groups in total. The minimum atomic E-state index is -0.438. The number of hydrogen-bond donors (Lipinski definition) is 3. The molecule has 5 heteroatoms.